The summed E-state index contributed by atoms with van der Waals surface area (Å²) in [5, 5.41) is 42.6. The van der Waals surface area contributed by atoms with Crippen LogP contribution >= 0.6 is 0 Å². The van der Waals surface area contributed by atoms with E-state index in [1.807, 2.05) is 13.8 Å². The molecule has 0 aliphatic heterocycles. The minimum Gasteiger partial charge on any atom is -0.393 e. The van der Waals surface area contributed by atoms with Crippen LogP contribution in [0.5, 0.6) is 0 Å². The summed E-state index contributed by atoms with van der Waals surface area (Å²) >= 11 is 0. The third kappa shape index (κ3) is 2.33. The van der Waals surface area contributed by atoms with Crippen molar-refractivity contribution in [1.29, 1.82) is 0 Å². The molecule has 4 unspecified atom stereocenters. The Bertz CT molecular complexity index is 715. The lowest BCUT2D eigenvalue weighted by atomic mass is 9.45. The van der Waals surface area contributed by atoms with Gasteiger partial charge in [-0.25, -0.2) is 0 Å². The van der Waals surface area contributed by atoms with Crippen molar-refractivity contribution in [2.24, 2.45) is 28.6 Å². The SMILES string of the molecule is C[C@]12CCC(=O)C=C1[C@@H](O)C[C@@H]1C2C(O)C[C@@]2(C)C1CCC2(O)C(=O)CO. The molecule has 27 heavy (non-hydrogen) atoms. The summed E-state index contributed by atoms with van der Waals surface area (Å²) in [5.41, 5.74) is -2.17. The van der Waals surface area contributed by atoms with Gasteiger partial charge in [-0.2, -0.15) is 0 Å². The normalized spacial score (nSPS) is 51.9. The molecule has 3 saturated carbocycles. The topological polar surface area (TPSA) is 115 Å². The van der Waals surface area contributed by atoms with Gasteiger partial charge in [0.25, 0.3) is 0 Å². The summed E-state index contributed by atoms with van der Waals surface area (Å²) in [7, 11) is 0. The Morgan fingerprint density at radius 2 is 1.96 bits per heavy atom. The number of fused-ring (bicyclic) bond motifs is 5. The van der Waals surface area contributed by atoms with E-state index in [2.05, 4.69) is 0 Å². The molecule has 6 heteroatoms. The fourth-order valence-corrected chi connectivity index (χ4v) is 7.33. The van der Waals surface area contributed by atoms with Crippen LogP contribution in [0, 0.1) is 28.6 Å². The maximum absolute atomic E-state index is 12.4. The number of carbonyl (C=O) groups is 2. The first-order valence-electron chi connectivity index (χ1n) is 10.1. The van der Waals surface area contributed by atoms with E-state index >= 15 is 0 Å². The van der Waals surface area contributed by atoms with Gasteiger partial charge >= 0.3 is 0 Å². The highest BCUT2D eigenvalue weighted by molar-refractivity contribution is 5.92. The van der Waals surface area contributed by atoms with Gasteiger partial charge in [0.05, 0.1) is 12.2 Å². The van der Waals surface area contributed by atoms with Crippen molar-refractivity contribution in [1.82, 2.24) is 0 Å². The fraction of sp³-hybridized carbons (Fsp3) is 0.810. The Morgan fingerprint density at radius 3 is 2.63 bits per heavy atom. The van der Waals surface area contributed by atoms with E-state index in [4.69, 9.17) is 0 Å². The molecule has 6 nitrogen and oxygen atoms in total. The summed E-state index contributed by atoms with van der Waals surface area (Å²) in [6.07, 6.45) is 2.75. The van der Waals surface area contributed by atoms with Gasteiger partial charge in [0.15, 0.2) is 11.6 Å². The van der Waals surface area contributed by atoms with Crippen LogP contribution in [-0.2, 0) is 9.59 Å². The number of carbonyl (C=O) groups excluding carboxylic acids is 2. The number of rotatable bonds is 2. The molecule has 0 bridgehead atoms. The summed E-state index contributed by atoms with van der Waals surface area (Å²) in [5.74, 6) is -0.713. The van der Waals surface area contributed by atoms with Crippen LogP contribution in [0.3, 0.4) is 0 Å². The van der Waals surface area contributed by atoms with Gasteiger partial charge in [-0.05, 0) is 66.9 Å². The van der Waals surface area contributed by atoms with Crippen LogP contribution in [0.15, 0.2) is 11.6 Å². The standard InChI is InChI=1S/C21H30O6/c1-19-5-3-11(23)7-14(19)15(24)8-12-13-4-6-21(27,17(26)10-22)20(13,2)9-16(25)18(12)19/h7,12-13,15-16,18,22,24-25,27H,3-6,8-10H2,1-2H3/t12-,13?,15-,16?,18?,19-,20-,21?/m0/s1. The van der Waals surface area contributed by atoms with Gasteiger partial charge in [-0.15, -0.1) is 0 Å². The molecular formula is C21H30O6. The highest BCUT2D eigenvalue weighted by Crippen LogP contribution is 2.67. The average Bonchev–Trinajstić information content (AvgIpc) is 2.87. The van der Waals surface area contributed by atoms with Gasteiger partial charge in [0.1, 0.15) is 12.2 Å². The lowest BCUT2D eigenvalue weighted by Gasteiger charge is -2.61. The zero-order valence-corrected chi connectivity index (χ0v) is 16.0. The molecule has 3 fully saturated rings. The minimum atomic E-state index is -1.64. The van der Waals surface area contributed by atoms with Crippen LogP contribution < -0.4 is 0 Å². The average molecular weight is 378 g/mol. The Kier molecular flexibility index (Phi) is 4.25. The number of ketones is 2. The third-order valence-corrected chi connectivity index (χ3v) is 8.67. The number of Topliss-reactive ketones (excluding diaryl/α,β-unsaturated/α-hetero) is 1. The maximum atomic E-state index is 12.4. The zero-order valence-electron chi connectivity index (χ0n) is 16.0. The number of aliphatic hydroxyl groups excluding tert-OH is 3. The second kappa shape index (κ2) is 5.96. The highest BCUT2D eigenvalue weighted by Gasteiger charge is 2.68. The van der Waals surface area contributed by atoms with Crippen molar-refractivity contribution in [3.8, 4) is 0 Å². The molecule has 0 aromatic carbocycles. The third-order valence-electron chi connectivity index (χ3n) is 8.67. The van der Waals surface area contributed by atoms with E-state index < -0.39 is 41.0 Å². The maximum Gasteiger partial charge on any atom is 0.190 e. The van der Waals surface area contributed by atoms with Crippen molar-refractivity contribution in [2.75, 3.05) is 6.61 Å². The van der Waals surface area contributed by atoms with Gasteiger partial charge in [-0.1, -0.05) is 13.8 Å². The summed E-state index contributed by atoms with van der Waals surface area (Å²) in [6, 6.07) is 0. The molecule has 0 amide bonds. The van der Waals surface area contributed by atoms with E-state index in [-0.39, 0.29) is 36.4 Å². The second-order valence-corrected chi connectivity index (χ2v) is 9.70. The quantitative estimate of drug-likeness (QED) is 0.564. The van der Waals surface area contributed by atoms with Gasteiger partial charge in [-0.3, -0.25) is 9.59 Å². The van der Waals surface area contributed by atoms with E-state index in [0.717, 1.165) is 5.57 Å². The molecule has 0 saturated heterocycles. The van der Waals surface area contributed by atoms with E-state index in [0.29, 0.717) is 25.7 Å². The first kappa shape index (κ1) is 19.2. The summed E-state index contributed by atoms with van der Waals surface area (Å²) in [6.45, 7) is 3.18. The number of aliphatic hydroxyl groups is 4. The van der Waals surface area contributed by atoms with E-state index in [1.165, 1.54) is 0 Å². The van der Waals surface area contributed by atoms with Gasteiger partial charge < -0.3 is 20.4 Å². The predicted molar refractivity (Wildman–Crippen MR) is 96.5 cm³/mol. The molecule has 4 aliphatic carbocycles. The molecular weight excluding hydrogens is 348 g/mol. The van der Waals surface area contributed by atoms with Crippen molar-refractivity contribution >= 4 is 11.6 Å². The number of hydrogen-bond donors (Lipinski definition) is 4. The molecule has 0 heterocycles. The van der Waals surface area contributed by atoms with Crippen molar-refractivity contribution in [3.63, 3.8) is 0 Å². The zero-order chi connectivity index (χ0) is 19.8. The number of hydrogen-bond acceptors (Lipinski definition) is 6. The monoisotopic (exact) mass is 378 g/mol. The van der Waals surface area contributed by atoms with Crippen molar-refractivity contribution in [2.45, 2.75) is 70.2 Å². The van der Waals surface area contributed by atoms with Crippen LogP contribution in [-0.4, -0.2) is 56.4 Å². The molecule has 4 aliphatic rings. The van der Waals surface area contributed by atoms with E-state index in [9.17, 15) is 30.0 Å². The van der Waals surface area contributed by atoms with Crippen LogP contribution in [0.2, 0.25) is 0 Å². The molecule has 4 N–H and O–H groups in total. The van der Waals surface area contributed by atoms with Gasteiger partial charge in [0.2, 0.25) is 0 Å². The lowest BCUT2D eigenvalue weighted by molar-refractivity contribution is -0.187. The summed E-state index contributed by atoms with van der Waals surface area (Å²) in [4.78, 5) is 24.3. The predicted octanol–water partition coefficient (Wildman–Crippen LogP) is 0.752. The fourth-order valence-electron chi connectivity index (χ4n) is 7.33. The van der Waals surface area contributed by atoms with Crippen LogP contribution in [0.25, 0.3) is 0 Å². The molecule has 0 radical (unpaired) electrons. The van der Waals surface area contributed by atoms with Crippen molar-refractivity contribution in [3.05, 3.63) is 11.6 Å². The molecule has 0 aromatic heterocycles. The highest BCUT2D eigenvalue weighted by atomic mass is 16.3. The Morgan fingerprint density at radius 1 is 1.26 bits per heavy atom. The molecule has 8 atom stereocenters. The second-order valence-electron chi connectivity index (χ2n) is 9.70. The lowest BCUT2D eigenvalue weighted by Crippen LogP contribution is -2.63. The first-order valence-corrected chi connectivity index (χ1v) is 10.1. The molecule has 0 spiro atoms. The van der Waals surface area contributed by atoms with Crippen LogP contribution in [0.4, 0.5) is 0 Å². The Balaban J connectivity index is 1.77. The minimum absolute atomic E-state index is 0.0166. The van der Waals surface area contributed by atoms with Crippen molar-refractivity contribution < 1.29 is 30.0 Å². The Hall–Kier alpha value is -1.08. The van der Waals surface area contributed by atoms with Crippen LogP contribution in [0.1, 0.15) is 52.4 Å². The first-order chi connectivity index (χ1) is 12.6. The largest absolute Gasteiger partial charge is 0.393 e. The molecule has 4 rings (SSSR count). The smallest absolute Gasteiger partial charge is 0.190 e. The Labute approximate surface area is 159 Å². The molecule has 150 valence electrons. The van der Waals surface area contributed by atoms with Gasteiger partial charge in [0, 0.05) is 11.8 Å². The van der Waals surface area contributed by atoms with E-state index in [1.54, 1.807) is 6.08 Å². The molecule has 0 aromatic rings. The summed E-state index contributed by atoms with van der Waals surface area (Å²) < 4.78 is 0.